The molecule has 1 aliphatic carbocycles. The summed E-state index contributed by atoms with van der Waals surface area (Å²) in [5.74, 6) is -1.77. The Hall–Kier alpha value is -3.42. The number of carbonyl (C=O) groups excluding carboxylic acids is 2. The average Bonchev–Trinajstić information content (AvgIpc) is 3.29. The van der Waals surface area contributed by atoms with E-state index in [1.807, 2.05) is 43.3 Å². The summed E-state index contributed by atoms with van der Waals surface area (Å²) < 4.78 is 12.2. The number of hydrogen-bond donors (Lipinski definition) is 4. The van der Waals surface area contributed by atoms with E-state index < -0.39 is 32.2 Å². The van der Waals surface area contributed by atoms with E-state index in [2.05, 4.69) is 28.7 Å². The third kappa shape index (κ3) is 6.16. The number of amides is 2. The van der Waals surface area contributed by atoms with Crippen molar-refractivity contribution in [2.75, 3.05) is 12.0 Å². The lowest BCUT2D eigenvalue weighted by atomic mass is 9.58. The number of allylic oxidation sites excluding steroid dienone is 2. The fraction of sp³-hybridized carbons (Fsp3) is 0.294. The van der Waals surface area contributed by atoms with Crippen LogP contribution in [-0.4, -0.2) is 59.4 Å². The molecule has 4 N–H and O–H groups in total. The maximum atomic E-state index is 14.0. The third-order valence-corrected chi connectivity index (χ3v) is 10.1. The molecule has 0 spiro atoms. The van der Waals surface area contributed by atoms with Gasteiger partial charge < -0.3 is 29.6 Å². The van der Waals surface area contributed by atoms with Crippen LogP contribution < -0.4 is 15.1 Å². The lowest BCUT2D eigenvalue weighted by Crippen LogP contribution is -2.46. The van der Waals surface area contributed by atoms with Crippen molar-refractivity contribution in [1.82, 2.24) is 0 Å². The van der Waals surface area contributed by atoms with Crippen LogP contribution in [0.5, 0.6) is 11.5 Å². The van der Waals surface area contributed by atoms with Crippen molar-refractivity contribution in [2.45, 2.75) is 38.6 Å². The summed E-state index contributed by atoms with van der Waals surface area (Å²) in [6.45, 7) is 1.98. The number of phenolic OH excluding ortho intramolecular Hbond substituents is 1. The van der Waals surface area contributed by atoms with Crippen molar-refractivity contribution in [3.05, 3.63) is 92.6 Å². The smallest absolute Gasteiger partial charge is 0.488 e. The second-order valence-electron chi connectivity index (χ2n) is 12.1. The van der Waals surface area contributed by atoms with Crippen LogP contribution in [0.3, 0.4) is 0 Å². The molecule has 12 heteroatoms. The van der Waals surface area contributed by atoms with Crippen LogP contribution in [0, 0.1) is 21.3 Å². The zero-order chi connectivity index (χ0) is 32.7. The van der Waals surface area contributed by atoms with Gasteiger partial charge in [-0.05, 0) is 113 Å². The van der Waals surface area contributed by atoms with Crippen molar-refractivity contribution in [1.29, 1.82) is 0 Å². The molecule has 3 aliphatic rings. The van der Waals surface area contributed by atoms with Crippen molar-refractivity contribution in [2.24, 2.45) is 17.8 Å². The number of imide groups is 1. The Balaban J connectivity index is 1.30. The Morgan fingerprint density at radius 2 is 1.85 bits per heavy atom. The highest BCUT2D eigenvalue weighted by molar-refractivity contribution is 14.1. The first-order chi connectivity index (χ1) is 22.1. The molecule has 236 valence electrons. The van der Waals surface area contributed by atoms with Gasteiger partial charge in [0.1, 0.15) is 0 Å². The van der Waals surface area contributed by atoms with Crippen LogP contribution >= 0.6 is 22.6 Å². The molecule has 2 amide bonds. The van der Waals surface area contributed by atoms with E-state index in [-0.39, 0.29) is 35.3 Å². The van der Waals surface area contributed by atoms with Gasteiger partial charge in [0.2, 0.25) is 11.8 Å². The number of carbonyl (C=O) groups is 2. The molecule has 0 bridgehead atoms. The molecule has 0 unspecified atom stereocenters. The highest BCUT2D eigenvalue weighted by Gasteiger charge is 2.57. The number of ether oxygens (including phenoxy) is 1. The highest BCUT2D eigenvalue weighted by atomic mass is 127. The first kappa shape index (κ1) is 32.5. The van der Waals surface area contributed by atoms with Crippen LogP contribution in [0.1, 0.15) is 37.3 Å². The molecule has 4 atom stereocenters. The molecule has 2 aliphatic heterocycles. The number of benzene rings is 3. The monoisotopic (exact) mass is 733 g/mol. The minimum atomic E-state index is -1.73. The molecule has 2 saturated heterocycles. The van der Waals surface area contributed by atoms with E-state index in [1.54, 1.807) is 18.2 Å². The van der Waals surface area contributed by atoms with Crippen molar-refractivity contribution in [3.8, 4) is 11.5 Å². The summed E-state index contributed by atoms with van der Waals surface area (Å²) >= 11 is 2.08. The number of hydrogen-bond acceptors (Lipinski definition) is 8. The highest BCUT2D eigenvalue weighted by Crippen LogP contribution is 2.51. The van der Waals surface area contributed by atoms with Gasteiger partial charge in [0.15, 0.2) is 11.5 Å². The van der Waals surface area contributed by atoms with Crippen molar-refractivity contribution in [3.63, 3.8) is 0 Å². The van der Waals surface area contributed by atoms with Gasteiger partial charge in [0.25, 0.3) is 0 Å². The summed E-state index contributed by atoms with van der Waals surface area (Å²) in [5, 5.41) is 40.6. The van der Waals surface area contributed by atoms with Gasteiger partial charge in [-0.2, -0.15) is 0 Å². The SMILES string of the molecule is COc1cc(/C=C(/CC[C@H]2OB(O)C[C@H]3C2=C(C)C[C@H]2C(=O)N(c4cccc(B(O)O)c4)C(=O)[C@H]23)c2ccccc2)cc(I)c1O. The molecular weight excluding hydrogens is 699 g/mol. The van der Waals surface area contributed by atoms with E-state index in [4.69, 9.17) is 9.39 Å². The van der Waals surface area contributed by atoms with E-state index in [0.717, 1.165) is 32.7 Å². The van der Waals surface area contributed by atoms with Crippen molar-refractivity contribution < 1.29 is 39.2 Å². The number of rotatable bonds is 8. The lowest BCUT2D eigenvalue weighted by molar-refractivity contribution is -0.122. The van der Waals surface area contributed by atoms with Crippen LogP contribution in [0.2, 0.25) is 6.32 Å². The van der Waals surface area contributed by atoms with Gasteiger partial charge in [-0.1, -0.05) is 54.1 Å². The molecule has 3 aromatic rings. The quantitative estimate of drug-likeness (QED) is 0.0897. The number of halogens is 1. The summed E-state index contributed by atoms with van der Waals surface area (Å²) in [7, 11) is -1.31. The van der Waals surface area contributed by atoms with E-state index in [1.165, 1.54) is 19.2 Å². The van der Waals surface area contributed by atoms with Crippen LogP contribution in [-0.2, 0) is 14.2 Å². The minimum Gasteiger partial charge on any atom is -0.504 e. The van der Waals surface area contributed by atoms with Gasteiger partial charge in [-0.3, -0.25) is 14.5 Å². The summed E-state index contributed by atoms with van der Waals surface area (Å²) in [6.07, 6.45) is 3.34. The van der Waals surface area contributed by atoms with E-state index >= 15 is 0 Å². The molecule has 2 fully saturated rings. The minimum absolute atomic E-state index is 0.0901. The van der Waals surface area contributed by atoms with Crippen molar-refractivity contribution >= 4 is 71.4 Å². The molecular formula is C34H34B2INO8. The van der Waals surface area contributed by atoms with Crippen LogP contribution in [0.15, 0.2) is 77.9 Å². The Morgan fingerprint density at radius 1 is 1.09 bits per heavy atom. The number of fused-ring (bicyclic) bond motifs is 3. The molecule has 0 radical (unpaired) electrons. The maximum absolute atomic E-state index is 14.0. The Kier molecular flexibility index (Phi) is 9.45. The average molecular weight is 733 g/mol. The number of nitrogens with zero attached hydrogens (tertiary/aromatic N) is 1. The van der Waals surface area contributed by atoms with Crippen LogP contribution in [0.25, 0.3) is 11.6 Å². The predicted octanol–water partition coefficient (Wildman–Crippen LogP) is 4.03. The molecule has 0 saturated carbocycles. The number of aromatic hydroxyl groups is 1. The molecule has 0 aromatic heterocycles. The number of phenols is 1. The standard InChI is InChI=1S/C34H34B2INO8/c1-19-13-25-31(34(41)38(33(25)40)24-10-6-9-23(17-24)36(43)44)26-18-35(42)46-28(30(19)26)12-11-22(21-7-4-3-5-8-21)14-20-15-27(37)32(39)29(16-20)45-2/h3-10,14-17,25-26,28,31,39,42-44H,11-13,18H2,1-2H3/b22-14-/t25-,26+,28-,31-/m1/s1. The molecule has 2 heterocycles. The summed E-state index contributed by atoms with van der Waals surface area (Å²) in [4.78, 5) is 28.8. The lowest BCUT2D eigenvalue weighted by Gasteiger charge is -2.42. The second kappa shape index (κ2) is 13.4. The molecule has 46 heavy (non-hydrogen) atoms. The molecule has 6 rings (SSSR count). The van der Waals surface area contributed by atoms with Gasteiger partial charge >= 0.3 is 14.2 Å². The maximum Gasteiger partial charge on any atom is 0.488 e. The van der Waals surface area contributed by atoms with Gasteiger partial charge in [0, 0.05) is 0 Å². The Morgan fingerprint density at radius 3 is 2.57 bits per heavy atom. The van der Waals surface area contributed by atoms with Crippen LogP contribution in [0.4, 0.5) is 5.69 Å². The molecule has 3 aromatic carbocycles. The largest absolute Gasteiger partial charge is 0.504 e. The van der Waals surface area contributed by atoms with Gasteiger partial charge in [-0.15, -0.1) is 0 Å². The zero-order valence-corrected chi connectivity index (χ0v) is 27.6. The first-order valence-electron chi connectivity index (χ1n) is 15.3. The van der Waals surface area contributed by atoms with Gasteiger partial charge in [-0.25, -0.2) is 0 Å². The number of methoxy groups -OCH3 is 1. The third-order valence-electron chi connectivity index (χ3n) is 9.31. The summed E-state index contributed by atoms with van der Waals surface area (Å²) in [6, 6.07) is 19.8. The topological polar surface area (TPSA) is 137 Å². The number of anilines is 1. The Bertz CT molecular complexity index is 1730. The fourth-order valence-electron chi connectivity index (χ4n) is 7.27. The summed E-state index contributed by atoms with van der Waals surface area (Å²) in [5.41, 5.74) is 5.37. The fourth-order valence-corrected chi connectivity index (χ4v) is 7.90. The van der Waals surface area contributed by atoms with E-state index in [9.17, 15) is 29.8 Å². The van der Waals surface area contributed by atoms with Gasteiger partial charge in [0.05, 0.1) is 34.3 Å². The second-order valence-corrected chi connectivity index (χ2v) is 13.3. The predicted molar refractivity (Wildman–Crippen MR) is 185 cm³/mol. The van der Waals surface area contributed by atoms with E-state index in [0.29, 0.717) is 34.3 Å². The molecule has 9 nitrogen and oxygen atoms in total. The zero-order valence-electron chi connectivity index (χ0n) is 25.5. The first-order valence-corrected chi connectivity index (χ1v) is 16.3. The normalized spacial score (nSPS) is 23.0. The Labute approximate surface area is 282 Å².